The molecule has 0 bridgehead atoms. The van der Waals surface area contributed by atoms with E-state index in [1.54, 1.807) is 12.1 Å². The summed E-state index contributed by atoms with van der Waals surface area (Å²) in [6.45, 7) is 0.830. The van der Waals surface area contributed by atoms with Crippen molar-refractivity contribution in [2.75, 3.05) is 31.0 Å². The van der Waals surface area contributed by atoms with Gasteiger partial charge in [0.15, 0.2) is 5.01 Å². The summed E-state index contributed by atoms with van der Waals surface area (Å²) in [5.74, 6) is 5.57. The van der Waals surface area contributed by atoms with Crippen molar-refractivity contribution >= 4 is 34.0 Å². The molecule has 1 aliphatic carbocycles. The van der Waals surface area contributed by atoms with E-state index in [1.165, 1.54) is 25.4 Å². The Morgan fingerprint density at radius 3 is 2.71 bits per heavy atom. The molecule has 38 heavy (non-hydrogen) atoms. The van der Waals surface area contributed by atoms with Crippen LogP contribution in [0, 0.1) is 23.7 Å². The second-order valence-corrected chi connectivity index (χ2v) is 9.81. The average molecular weight is 540 g/mol. The molecule has 196 valence electrons. The van der Waals surface area contributed by atoms with Crippen molar-refractivity contribution in [3.05, 3.63) is 46.7 Å². The Morgan fingerprint density at radius 1 is 1.16 bits per heavy atom. The van der Waals surface area contributed by atoms with Crippen molar-refractivity contribution < 1.29 is 27.8 Å². The van der Waals surface area contributed by atoms with Crippen molar-refractivity contribution in [1.82, 2.24) is 15.2 Å². The van der Waals surface area contributed by atoms with E-state index in [0.29, 0.717) is 36.2 Å². The van der Waals surface area contributed by atoms with Gasteiger partial charge < -0.3 is 14.8 Å². The maximum absolute atomic E-state index is 13.5. The number of pyridine rings is 1. The Bertz CT molecular complexity index is 1420. The summed E-state index contributed by atoms with van der Waals surface area (Å²) in [5.41, 5.74) is 0.545. The van der Waals surface area contributed by atoms with Crippen molar-refractivity contribution in [1.29, 1.82) is 0 Å². The number of halogens is 2. The first-order valence-electron chi connectivity index (χ1n) is 11.9. The van der Waals surface area contributed by atoms with Crippen LogP contribution in [-0.4, -0.2) is 47.3 Å². The van der Waals surface area contributed by atoms with Crippen LogP contribution in [0.15, 0.2) is 30.5 Å². The van der Waals surface area contributed by atoms with Crippen LogP contribution in [0.25, 0.3) is 11.1 Å². The molecule has 12 heteroatoms. The highest BCUT2D eigenvalue weighted by atomic mass is 32.1. The van der Waals surface area contributed by atoms with Gasteiger partial charge in [0, 0.05) is 34.9 Å². The fourth-order valence-electron chi connectivity index (χ4n) is 3.86. The highest BCUT2D eigenvalue weighted by Gasteiger charge is 2.25. The number of hydrogen-bond acceptors (Lipinski definition) is 8. The average Bonchev–Trinajstić information content (AvgIpc) is 3.37. The molecule has 3 heterocycles. The molecule has 0 radical (unpaired) electrons. The topological polar surface area (TPSA) is 115 Å². The summed E-state index contributed by atoms with van der Waals surface area (Å²) < 4.78 is 37.7. The molecule has 5 rings (SSSR count). The Balaban J connectivity index is 1.48. The van der Waals surface area contributed by atoms with E-state index in [0.717, 1.165) is 24.2 Å². The van der Waals surface area contributed by atoms with Crippen molar-refractivity contribution in [2.45, 2.75) is 25.7 Å². The molecule has 1 unspecified atom stereocenters. The third-order valence-corrected chi connectivity index (χ3v) is 6.81. The van der Waals surface area contributed by atoms with Crippen LogP contribution in [0.4, 0.5) is 19.6 Å². The zero-order chi connectivity index (χ0) is 26.6. The fourth-order valence-corrected chi connectivity index (χ4v) is 4.46. The number of alkyl halides is 2. The zero-order valence-corrected chi connectivity index (χ0v) is 21.1. The van der Waals surface area contributed by atoms with Gasteiger partial charge >= 0.3 is 0 Å². The molecule has 2 fully saturated rings. The number of aromatic nitrogens is 3. The van der Waals surface area contributed by atoms with Gasteiger partial charge in [0.2, 0.25) is 11.0 Å². The predicted molar refractivity (Wildman–Crippen MR) is 136 cm³/mol. The first kappa shape index (κ1) is 25.7. The normalized spacial score (nSPS) is 16.6. The van der Waals surface area contributed by atoms with Gasteiger partial charge in [-0.15, -0.1) is 10.2 Å². The van der Waals surface area contributed by atoms with E-state index in [9.17, 15) is 18.4 Å². The summed E-state index contributed by atoms with van der Waals surface area (Å²) in [6.07, 6.45) is 1.10. The molecule has 9 nitrogen and oxygen atoms in total. The maximum Gasteiger partial charge on any atom is 0.280 e. The smallest absolute Gasteiger partial charge is 0.280 e. The molecule has 2 aromatic heterocycles. The highest BCUT2D eigenvalue weighted by molar-refractivity contribution is 7.15. The Hall–Kier alpha value is -3.95. The van der Waals surface area contributed by atoms with Gasteiger partial charge in [-0.1, -0.05) is 17.3 Å². The SMILES string of the molecule is COc1cnc(C(F)F)cc1-c1cc(NC(=O)C2CCOC2)ccc1C(=O)Nc1nnc(C#CC2CC2)s1. The summed E-state index contributed by atoms with van der Waals surface area (Å²) >= 11 is 1.14. The van der Waals surface area contributed by atoms with Crippen LogP contribution in [0.5, 0.6) is 5.75 Å². The molecule has 1 aliphatic heterocycles. The summed E-state index contributed by atoms with van der Waals surface area (Å²) in [5, 5.41) is 14.2. The molecule has 2 N–H and O–H groups in total. The van der Waals surface area contributed by atoms with E-state index in [2.05, 4.69) is 37.7 Å². The number of nitrogens with one attached hydrogen (secondary N) is 2. The lowest BCUT2D eigenvalue weighted by Crippen LogP contribution is -2.23. The van der Waals surface area contributed by atoms with Gasteiger partial charge in [0.05, 0.1) is 25.8 Å². The van der Waals surface area contributed by atoms with Crippen LogP contribution in [0.3, 0.4) is 0 Å². The van der Waals surface area contributed by atoms with E-state index < -0.39 is 18.0 Å². The highest BCUT2D eigenvalue weighted by Crippen LogP contribution is 2.36. The number of amides is 2. The molecule has 1 aromatic carbocycles. The first-order valence-corrected chi connectivity index (χ1v) is 12.7. The number of benzene rings is 1. The number of anilines is 2. The van der Waals surface area contributed by atoms with Gasteiger partial charge in [0.25, 0.3) is 12.3 Å². The number of hydrogen-bond donors (Lipinski definition) is 2. The van der Waals surface area contributed by atoms with Crippen LogP contribution < -0.4 is 15.4 Å². The molecular weight excluding hydrogens is 516 g/mol. The quantitative estimate of drug-likeness (QED) is 0.424. The van der Waals surface area contributed by atoms with E-state index >= 15 is 0 Å². The minimum Gasteiger partial charge on any atom is -0.494 e. The number of nitrogens with zero attached hydrogens (tertiary/aromatic N) is 3. The third-order valence-electron chi connectivity index (χ3n) is 6.06. The van der Waals surface area contributed by atoms with Gasteiger partial charge in [-0.25, -0.2) is 8.78 Å². The van der Waals surface area contributed by atoms with E-state index in [-0.39, 0.29) is 39.4 Å². The Morgan fingerprint density at radius 2 is 2.00 bits per heavy atom. The van der Waals surface area contributed by atoms with Crippen LogP contribution in [-0.2, 0) is 9.53 Å². The predicted octanol–water partition coefficient (Wildman–Crippen LogP) is 4.54. The largest absolute Gasteiger partial charge is 0.494 e. The standard InChI is InChI=1S/C26H23F2N5O4S/c1-36-21-12-29-20(23(27)28)11-19(21)18-10-16(30-24(34)15-8-9-37-13-15)5-6-17(18)25(35)31-26-33-32-22(38-26)7-4-14-2-3-14/h5-6,10-12,14-15,23H,2-3,8-9,13H2,1H3,(H,30,34)(H,31,33,35). The molecule has 3 aromatic rings. The number of methoxy groups -OCH3 is 1. The van der Waals surface area contributed by atoms with Crippen LogP contribution in [0.1, 0.15) is 46.7 Å². The molecule has 2 amide bonds. The molecule has 1 saturated carbocycles. The molecular formula is C26H23F2N5O4S. The molecule has 2 aliphatic rings. The van der Waals surface area contributed by atoms with Crippen molar-refractivity contribution in [3.63, 3.8) is 0 Å². The van der Waals surface area contributed by atoms with E-state index in [1.807, 2.05) is 0 Å². The number of rotatable bonds is 7. The van der Waals surface area contributed by atoms with Crippen LogP contribution >= 0.6 is 11.3 Å². The summed E-state index contributed by atoms with van der Waals surface area (Å²) in [4.78, 5) is 29.7. The third kappa shape index (κ3) is 5.95. The lowest BCUT2D eigenvalue weighted by molar-refractivity contribution is -0.119. The molecule has 1 saturated heterocycles. The number of ether oxygens (including phenoxy) is 2. The monoisotopic (exact) mass is 539 g/mol. The fraction of sp³-hybridized carbons (Fsp3) is 0.346. The zero-order valence-electron chi connectivity index (χ0n) is 20.3. The van der Waals surface area contributed by atoms with Gasteiger partial charge in [-0.3, -0.25) is 19.9 Å². The lowest BCUT2D eigenvalue weighted by atomic mass is 9.97. The first-order chi connectivity index (χ1) is 18.4. The number of carbonyl (C=O) groups is 2. The second kappa shape index (κ2) is 11.2. The number of carbonyl (C=O) groups excluding carboxylic acids is 2. The van der Waals surface area contributed by atoms with Gasteiger partial charge in [0.1, 0.15) is 11.4 Å². The van der Waals surface area contributed by atoms with Gasteiger partial charge in [-0.05, 0) is 49.4 Å². The van der Waals surface area contributed by atoms with E-state index in [4.69, 9.17) is 9.47 Å². The Labute approximate surface area is 221 Å². The maximum atomic E-state index is 13.5. The minimum absolute atomic E-state index is 0.151. The summed E-state index contributed by atoms with van der Waals surface area (Å²) in [7, 11) is 1.37. The Kier molecular flexibility index (Phi) is 7.57. The van der Waals surface area contributed by atoms with Crippen LogP contribution in [0.2, 0.25) is 0 Å². The second-order valence-electron chi connectivity index (χ2n) is 8.83. The molecule has 1 atom stereocenters. The minimum atomic E-state index is -2.83. The summed E-state index contributed by atoms with van der Waals surface area (Å²) in [6, 6.07) is 5.79. The van der Waals surface area contributed by atoms with Gasteiger partial charge in [-0.2, -0.15) is 0 Å². The molecule has 0 spiro atoms. The lowest BCUT2D eigenvalue weighted by Gasteiger charge is -2.16. The van der Waals surface area contributed by atoms with Crippen molar-refractivity contribution in [3.8, 4) is 28.7 Å². The van der Waals surface area contributed by atoms with Crippen molar-refractivity contribution in [2.24, 2.45) is 11.8 Å².